The molecule has 3 heteroatoms. The van der Waals surface area contributed by atoms with Crippen LogP contribution in [-0.4, -0.2) is 11.6 Å². The standard InChI is InChI=1S/C18H14BrNO/c1-11-2-4-12(5-3-11)17-14-8-9-21-18(14)20-16-7-6-13(19)10-15(16)17/h2-7,10H,8-9H2,1H3. The molecule has 0 bridgehead atoms. The fourth-order valence-electron chi connectivity index (χ4n) is 2.90. The maximum atomic E-state index is 5.70. The molecular weight excluding hydrogens is 326 g/mol. The van der Waals surface area contributed by atoms with Crippen molar-refractivity contribution >= 4 is 26.8 Å². The van der Waals surface area contributed by atoms with Crippen molar-refractivity contribution in [3.05, 3.63) is 58.1 Å². The zero-order chi connectivity index (χ0) is 14.4. The van der Waals surface area contributed by atoms with Crippen LogP contribution < -0.4 is 4.74 Å². The minimum Gasteiger partial charge on any atom is -0.477 e. The summed E-state index contributed by atoms with van der Waals surface area (Å²) in [6.45, 7) is 2.83. The van der Waals surface area contributed by atoms with Gasteiger partial charge in [0.05, 0.1) is 12.1 Å². The SMILES string of the molecule is Cc1ccc(-c2c3c(nc4ccc(Br)cc24)OCC3)cc1. The molecule has 104 valence electrons. The zero-order valence-corrected chi connectivity index (χ0v) is 13.3. The van der Waals surface area contributed by atoms with E-state index in [9.17, 15) is 0 Å². The van der Waals surface area contributed by atoms with Gasteiger partial charge < -0.3 is 4.74 Å². The van der Waals surface area contributed by atoms with Gasteiger partial charge in [-0.3, -0.25) is 0 Å². The molecule has 0 saturated carbocycles. The second-order valence-electron chi connectivity index (χ2n) is 5.40. The highest BCUT2D eigenvalue weighted by Crippen LogP contribution is 2.39. The minimum atomic E-state index is 0.721. The van der Waals surface area contributed by atoms with Crippen LogP contribution >= 0.6 is 15.9 Å². The Balaban J connectivity index is 2.09. The molecular formula is C18H14BrNO. The number of fused-ring (bicyclic) bond motifs is 2. The number of halogens is 1. The van der Waals surface area contributed by atoms with Crippen LogP contribution in [0.4, 0.5) is 0 Å². The van der Waals surface area contributed by atoms with E-state index in [2.05, 4.69) is 58.2 Å². The second kappa shape index (κ2) is 4.85. The fourth-order valence-corrected chi connectivity index (χ4v) is 3.26. The lowest BCUT2D eigenvalue weighted by atomic mass is 9.95. The first kappa shape index (κ1) is 12.8. The highest BCUT2D eigenvalue weighted by atomic mass is 79.9. The number of nitrogens with zero attached hydrogens (tertiary/aromatic N) is 1. The molecule has 1 aliphatic rings. The molecule has 0 amide bonds. The Morgan fingerprint density at radius 3 is 2.71 bits per heavy atom. The average Bonchev–Trinajstić information content (AvgIpc) is 2.94. The normalized spacial score (nSPS) is 13.2. The van der Waals surface area contributed by atoms with Crippen molar-refractivity contribution in [2.45, 2.75) is 13.3 Å². The maximum Gasteiger partial charge on any atom is 0.217 e. The Morgan fingerprint density at radius 1 is 1.10 bits per heavy atom. The van der Waals surface area contributed by atoms with Gasteiger partial charge >= 0.3 is 0 Å². The van der Waals surface area contributed by atoms with Crippen LogP contribution in [0.1, 0.15) is 11.1 Å². The summed E-state index contributed by atoms with van der Waals surface area (Å²) < 4.78 is 6.77. The number of hydrogen-bond acceptors (Lipinski definition) is 2. The molecule has 0 unspecified atom stereocenters. The maximum absolute atomic E-state index is 5.70. The molecule has 1 aliphatic heterocycles. The Labute approximate surface area is 131 Å². The molecule has 3 aromatic rings. The van der Waals surface area contributed by atoms with Crippen LogP contribution in [-0.2, 0) is 6.42 Å². The number of ether oxygens (including phenoxy) is 1. The predicted molar refractivity (Wildman–Crippen MR) is 88.8 cm³/mol. The van der Waals surface area contributed by atoms with E-state index >= 15 is 0 Å². The van der Waals surface area contributed by atoms with Crippen molar-refractivity contribution < 1.29 is 4.74 Å². The van der Waals surface area contributed by atoms with Gasteiger partial charge in [-0.15, -0.1) is 0 Å². The quantitative estimate of drug-likeness (QED) is 0.628. The third-order valence-electron chi connectivity index (χ3n) is 3.94. The topological polar surface area (TPSA) is 22.1 Å². The molecule has 0 fully saturated rings. The average molecular weight is 340 g/mol. The summed E-state index contributed by atoms with van der Waals surface area (Å²) in [6.07, 6.45) is 0.925. The fraction of sp³-hybridized carbons (Fsp3) is 0.167. The third-order valence-corrected chi connectivity index (χ3v) is 4.43. The van der Waals surface area contributed by atoms with Crippen molar-refractivity contribution in [3.8, 4) is 17.0 Å². The Bertz CT molecular complexity index is 840. The van der Waals surface area contributed by atoms with Crippen LogP contribution in [0.3, 0.4) is 0 Å². The molecule has 2 heterocycles. The van der Waals surface area contributed by atoms with Gasteiger partial charge in [0.1, 0.15) is 0 Å². The lowest BCUT2D eigenvalue weighted by Crippen LogP contribution is -1.92. The van der Waals surface area contributed by atoms with Crippen LogP contribution in [0.5, 0.6) is 5.88 Å². The van der Waals surface area contributed by atoms with E-state index in [1.54, 1.807) is 0 Å². The van der Waals surface area contributed by atoms with Crippen molar-refractivity contribution in [1.29, 1.82) is 0 Å². The van der Waals surface area contributed by atoms with Gasteiger partial charge in [-0.1, -0.05) is 45.8 Å². The lowest BCUT2D eigenvalue weighted by molar-refractivity contribution is 0.346. The highest BCUT2D eigenvalue weighted by Gasteiger charge is 2.22. The zero-order valence-electron chi connectivity index (χ0n) is 11.7. The Morgan fingerprint density at radius 2 is 1.90 bits per heavy atom. The molecule has 0 N–H and O–H groups in total. The van der Waals surface area contributed by atoms with Crippen LogP contribution in [0.15, 0.2) is 46.9 Å². The van der Waals surface area contributed by atoms with Gasteiger partial charge in [0.15, 0.2) is 0 Å². The molecule has 2 nitrogen and oxygen atoms in total. The molecule has 2 aromatic carbocycles. The van der Waals surface area contributed by atoms with E-state index in [-0.39, 0.29) is 0 Å². The second-order valence-corrected chi connectivity index (χ2v) is 6.31. The summed E-state index contributed by atoms with van der Waals surface area (Å²) >= 11 is 3.57. The summed E-state index contributed by atoms with van der Waals surface area (Å²) in [5.41, 5.74) is 5.96. The summed E-state index contributed by atoms with van der Waals surface area (Å²) in [5, 5.41) is 1.18. The number of hydrogen-bond donors (Lipinski definition) is 0. The van der Waals surface area contributed by atoms with Crippen LogP contribution in [0, 0.1) is 6.92 Å². The smallest absolute Gasteiger partial charge is 0.217 e. The molecule has 4 rings (SSSR count). The van der Waals surface area contributed by atoms with E-state index in [1.807, 2.05) is 12.1 Å². The number of benzene rings is 2. The number of aromatic nitrogens is 1. The van der Waals surface area contributed by atoms with Gasteiger partial charge in [-0.2, -0.15) is 0 Å². The van der Waals surface area contributed by atoms with E-state index in [0.717, 1.165) is 28.9 Å². The highest BCUT2D eigenvalue weighted by molar-refractivity contribution is 9.10. The van der Waals surface area contributed by atoms with E-state index in [0.29, 0.717) is 0 Å². The molecule has 0 spiro atoms. The Kier molecular flexibility index (Phi) is 2.96. The summed E-state index contributed by atoms with van der Waals surface area (Å²) in [4.78, 5) is 4.66. The van der Waals surface area contributed by atoms with Gasteiger partial charge in [0.2, 0.25) is 5.88 Å². The van der Waals surface area contributed by atoms with Crippen molar-refractivity contribution in [2.24, 2.45) is 0 Å². The summed E-state index contributed by atoms with van der Waals surface area (Å²) in [6, 6.07) is 14.9. The minimum absolute atomic E-state index is 0.721. The van der Waals surface area contributed by atoms with Gasteiger partial charge in [0, 0.05) is 21.8 Å². The molecule has 0 atom stereocenters. The van der Waals surface area contributed by atoms with Gasteiger partial charge in [-0.25, -0.2) is 4.98 Å². The van der Waals surface area contributed by atoms with E-state index in [1.165, 1.54) is 27.6 Å². The van der Waals surface area contributed by atoms with Crippen molar-refractivity contribution in [2.75, 3.05) is 6.61 Å². The first-order chi connectivity index (χ1) is 10.2. The number of aryl methyl sites for hydroxylation is 1. The molecule has 0 radical (unpaired) electrons. The first-order valence-corrected chi connectivity index (χ1v) is 7.83. The van der Waals surface area contributed by atoms with Crippen LogP contribution in [0.2, 0.25) is 0 Å². The molecule has 21 heavy (non-hydrogen) atoms. The van der Waals surface area contributed by atoms with Gasteiger partial charge in [0.25, 0.3) is 0 Å². The molecule has 0 aliphatic carbocycles. The molecule has 1 aromatic heterocycles. The lowest BCUT2D eigenvalue weighted by Gasteiger charge is -2.12. The van der Waals surface area contributed by atoms with E-state index < -0.39 is 0 Å². The van der Waals surface area contributed by atoms with Crippen LogP contribution in [0.25, 0.3) is 22.0 Å². The first-order valence-electron chi connectivity index (χ1n) is 7.04. The van der Waals surface area contributed by atoms with Crippen molar-refractivity contribution in [3.63, 3.8) is 0 Å². The predicted octanol–water partition coefficient (Wildman–Crippen LogP) is 4.91. The third kappa shape index (κ3) is 2.12. The Hall–Kier alpha value is -1.87. The molecule has 0 saturated heterocycles. The monoisotopic (exact) mass is 339 g/mol. The van der Waals surface area contributed by atoms with Gasteiger partial charge in [-0.05, 0) is 36.2 Å². The number of rotatable bonds is 1. The van der Waals surface area contributed by atoms with Crippen molar-refractivity contribution in [1.82, 2.24) is 4.98 Å². The largest absolute Gasteiger partial charge is 0.477 e. The summed E-state index contributed by atoms with van der Waals surface area (Å²) in [7, 11) is 0. The number of pyridine rings is 1. The van der Waals surface area contributed by atoms with E-state index in [4.69, 9.17) is 4.74 Å². The summed E-state index contributed by atoms with van der Waals surface area (Å²) in [5.74, 6) is 0.792.